The molecule has 0 spiro atoms. The van der Waals surface area contributed by atoms with Crippen LogP contribution in [0.3, 0.4) is 0 Å². The zero-order chi connectivity index (χ0) is 22.4. The van der Waals surface area contributed by atoms with Crippen LogP contribution in [0.25, 0.3) is 0 Å². The lowest BCUT2D eigenvalue weighted by atomic mass is 9.87. The minimum Gasteiger partial charge on any atom is -0.496 e. The lowest BCUT2D eigenvalue weighted by Crippen LogP contribution is -2.43. The van der Waals surface area contributed by atoms with Gasteiger partial charge < -0.3 is 14.4 Å². The predicted octanol–water partition coefficient (Wildman–Crippen LogP) is 3.93. The lowest BCUT2D eigenvalue weighted by molar-refractivity contribution is -0.137. The van der Waals surface area contributed by atoms with Crippen molar-refractivity contribution in [3.8, 4) is 5.75 Å². The molecule has 0 saturated carbocycles. The Kier molecular flexibility index (Phi) is 8.04. The molecule has 1 saturated heterocycles. The van der Waals surface area contributed by atoms with Crippen molar-refractivity contribution >= 4 is 5.91 Å². The van der Waals surface area contributed by atoms with Crippen LogP contribution in [0.4, 0.5) is 4.39 Å². The highest BCUT2D eigenvalue weighted by molar-refractivity contribution is 5.77. The Labute approximate surface area is 184 Å². The normalized spacial score (nSPS) is 19.0. The van der Waals surface area contributed by atoms with E-state index in [4.69, 9.17) is 9.47 Å². The van der Waals surface area contributed by atoms with E-state index in [9.17, 15) is 9.18 Å². The fourth-order valence-electron chi connectivity index (χ4n) is 4.53. The van der Waals surface area contributed by atoms with E-state index < -0.39 is 0 Å². The molecule has 0 unspecified atom stereocenters. The number of hydrogen-bond acceptors (Lipinski definition) is 4. The molecule has 5 nitrogen and oxygen atoms in total. The van der Waals surface area contributed by atoms with Crippen molar-refractivity contribution in [3.05, 3.63) is 65.5 Å². The Morgan fingerprint density at radius 1 is 1.13 bits per heavy atom. The number of methoxy groups -OCH3 is 2. The van der Waals surface area contributed by atoms with Crippen molar-refractivity contribution in [2.45, 2.75) is 32.4 Å². The van der Waals surface area contributed by atoms with E-state index in [1.54, 1.807) is 20.3 Å². The van der Waals surface area contributed by atoms with E-state index in [1.165, 1.54) is 6.07 Å². The van der Waals surface area contributed by atoms with Crippen LogP contribution < -0.4 is 4.74 Å². The van der Waals surface area contributed by atoms with E-state index in [0.717, 1.165) is 24.4 Å². The van der Waals surface area contributed by atoms with Gasteiger partial charge in [0.1, 0.15) is 18.2 Å². The van der Waals surface area contributed by atoms with Crippen LogP contribution in [0.15, 0.2) is 48.5 Å². The molecule has 1 aliphatic rings. The van der Waals surface area contributed by atoms with Crippen molar-refractivity contribution in [3.63, 3.8) is 0 Å². The van der Waals surface area contributed by atoms with Gasteiger partial charge in [0.15, 0.2) is 0 Å². The number of nitrogens with zero attached hydrogens (tertiary/aromatic N) is 2. The quantitative estimate of drug-likeness (QED) is 0.607. The van der Waals surface area contributed by atoms with Crippen molar-refractivity contribution in [2.24, 2.45) is 5.92 Å². The summed E-state index contributed by atoms with van der Waals surface area (Å²) >= 11 is 0. The van der Waals surface area contributed by atoms with Gasteiger partial charge in [0, 0.05) is 50.8 Å². The maximum Gasteiger partial charge on any atom is 0.248 e. The van der Waals surface area contributed by atoms with E-state index in [2.05, 4.69) is 11.0 Å². The maximum absolute atomic E-state index is 14.3. The molecule has 2 atom stereocenters. The molecular weight excluding hydrogens is 395 g/mol. The van der Waals surface area contributed by atoms with Crippen molar-refractivity contribution in [2.75, 3.05) is 40.5 Å². The van der Waals surface area contributed by atoms with Crippen molar-refractivity contribution in [1.29, 1.82) is 0 Å². The second-order valence-corrected chi connectivity index (χ2v) is 8.47. The van der Waals surface area contributed by atoms with E-state index in [0.29, 0.717) is 18.7 Å². The fraction of sp³-hybridized carbons (Fsp3) is 0.480. The van der Waals surface area contributed by atoms with Gasteiger partial charge in [-0.1, -0.05) is 36.4 Å². The molecule has 1 fully saturated rings. The van der Waals surface area contributed by atoms with Gasteiger partial charge >= 0.3 is 0 Å². The Hall–Kier alpha value is -2.44. The largest absolute Gasteiger partial charge is 0.496 e. The second kappa shape index (κ2) is 10.7. The Morgan fingerprint density at radius 2 is 1.84 bits per heavy atom. The van der Waals surface area contributed by atoms with Crippen LogP contribution >= 0.6 is 0 Å². The summed E-state index contributed by atoms with van der Waals surface area (Å²) < 4.78 is 25.0. The number of carbonyl (C=O) groups is 1. The SMILES string of the molecule is COCC(=O)N(C[C@@H]1CN(Cc2ccccc2F)C[C@H]1c1ccccc1OC)C(C)C. The van der Waals surface area contributed by atoms with Crippen LogP contribution in [0, 0.1) is 11.7 Å². The summed E-state index contributed by atoms with van der Waals surface area (Å²) in [4.78, 5) is 16.8. The van der Waals surface area contributed by atoms with E-state index in [-0.39, 0.29) is 36.2 Å². The van der Waals surface area contributed by atoms with Crippen LogP contribution in [0.2, 0.25) is 0 Å². The van der Waals surface area contributed by atoms with Crippen LogP contribution in [-0.4, -0.2) is 62.2 Å². The van der Waals surface area contributed by atoms with Crippen LogP contribution in [0.5, 0.6) is 5.75 Å². The summed E-state index contributed by atoms with van der Waals surface area (Å²) in [6, 6.07) is 15.0. The van der Waals surface area contributed by atoms with Gasteiger partial charge in [0.2, 0.25) is 5.91 Å². The van der Waals surface area contributed by atoms with Gasteiger partial charge in [-0.3, -0.25) is 9.69 Å². The molecule has 168 valence electrons. The van der Waals surface area contributed by atoms with Crippen LogP contribution in [-0.2, 0) is 16.1 Å². The number of ether oxygens (including phenoxy) is 2. The Morgan fingerprint density at radius 3 is 2.52 bits per heavy atom. The van der Waals surface area contributed by atoms with E-state index in [1.807, 2.05) is 49.1 Å². The minimum absolute atomic E-state index is 0.0103. The van der Waals surface area contributed by atoms with Crippen LogP contribution in [0.1, 0.15) is 30.9 Å². The number of carbonyl (C=O) groups excluding carboxylic acids is 1. The summed E-state index contributed by atoms with van der Waals surface area (Å²) in [7, 11) is 3.22. The third-order valence-corrected chi connectivity index (χ3v) is 6.05. The molecule has 0 radical (unpaired) electrons. The highest BCUT2D eigenvalue weighted by atomic mass is 19.1. The molecule has 3 rings (SSSR count). The highest BCUT2D eigenvalue weighted by Crippen LogP contribution is 2.38. The van der Waals surface area contributed by atoms with Gasteiger partial charge in [-0.2, -0.15) is 0 Å². The fourth-order valence-corrected chi connectivity index (χ4v) is 4.53. The number of halogens is 1. The number of rotatable bonds is 9. The minimum atomic E-state index is -0.182. The third-order valence-electron chi connectivity index (χ3n) is 6.05. The number of benzene rings is 2. The molecule has 1 heterocycles. The van der Waals surface area contributed by atoms with Gasteiger partial charge in [0.05, 0.1) is 7.11 Å². The molecular formula is C25H33FN2O3. The summed E-state index contributed by atoms with van der Waals surface area (Å²) in [5, 5.41) is 0. The molecule has 1 aliphatic heterocycles. The Bertz CT molecular complexity index is 873. The number of para-hydroxylation sites is 1. The molecule has 31 heavy (non-hydrogen) atoms. The summed E-state index contributed by atoms with van der Waals surface area (Å²) in [6.07, 6.45) is 0. The maximum atomic E-state index is 14.3. The van der Waals surface area contributed by atoms with Crippen molar-refractivity contribution < 1.29 is 18.7 Å². The molecule has 0 aliphatic carbocycles. The summed E-state index contributed by atoms with van der Waals surface area (Å²) in [6.45, 7) is 6.85. The molecule has 2 aromatic rings. The number of likely N-dealkylation sites (tertiary alicyclic amines) is 1. The third kappa shape index (κ3) is 5.63. The average Bonchev–Trinajstić information content (AvgIpc) is 3.15. The zero-order valence-electron chi connectivity index (χ0n) is 18.9. The second-order valence-electron chi connectivity index (χ2n) is 8.47. The first-order chi connectivity index (χ1) is 14.9. The average molecular weight is 429 g/mol. The summed E-state index contributed by atoms with van der Waals surface area (Å²) in [5.41, 5.74) is 1.83. The van der Waals surface area contributed by atoms with Crippen molar-refractivity contribution in [1.82, 2.24) is 9.80 Å². The van der Waals surface area contributed by atoms with Gasteiger partial charge in [-0.05, 0) is 37.5 Å². The molecule has 6 heteroatoms. The number of amides is 1. The Balaban J connectivity index is 1.87. The van der Waals surface area contributed by atoms with Gasteiger partial charge in [-0.15, -0.1) is 0 Å². The summed E-state index contributed by atoms with van der Waals surface area (Å²) in [5.74, 6) is 1.04. The first-order valence-corrected chi connectivity index (χ1v) is 10.8. The molecule has 0 N–H and O–H groups in total. The zero-order valence-corrected chi connectivity index (χ0v) is 18.9. The topological polar surface area (TPSA) is 42.0 Å². The first-order valence-electron chi connectivity index (χ1n) is 10.8. The lowest BCUT2D eigenvalue weighted by Gasteiger charge is -2.31. The molecule has 2 aromatic carbocycles. The molecule has 1 amide bonds. The number of hydrogen-bond donors (Lipinski definition) is 0. The predicted molar refractivity (Wildman–Crippen MR) is 120 cm³/mol. The monoisotopic (exact) mass is 428 g/mol. The highest BCUT2D eigenvalue weighted by Gasteiger charge is 2.37. The van der Waals surface area contributed by atoms with Gasteiger partial charge in [-0.25, -0.2) is 4.39 Å². The van der Waals surface area contributed by atoms with E-state index >= 15 is 0 Å². The smallest absolute Gasteiger partial charge is 0.248 e. The standard InChI is InChI=1S/C25H33FN2O3/c1-18(2)28(25(29)17-30-3)15-20-14-27(13-19-9-5-7-11-23(19)26)16-22(20)21-10-6-8-12-24(21)31-4/h5-12,18,20,22H,13-17H2,1-4H3/t20-,22+/m0/s1. The molecule has 0 aromatic heterocycles. The van der Waals surface area contributed by atoms with Gasteiger partial charge in [0.25, 0.3) is 0 Å². The molecule has 0 bridgehead atoms. The first kappa shape index (κ1) is 23.2.